The number of hydrogen-bond donors (Lipinski definition) is 2. The molecule has 0 amide bonds. The van der Waals surface area contributed by atoms with Crippen LogP contribution in [0.2, 0.25) is 0 Å². The molecule has 5 heteroatoms. The number of carboxylic acids is 1. The number of hydrogen-bond acceptors (Lipinski definition) is 4. The van der Waals surface area contributed by atoms with Crippen molar-refractivity contribution in [3.05, 3.63) is 24.3 Å². The number of carbonyl (C=O) groups is 1. The summed E-state index contributed by atoms with van der Waals surface area (Å²) in [6, 6.07) is 6.71. The van der Waals surface area contributed by atoms with Crippen molar-refractivity contribution >= 4 is 22.8 Å². The van der Waals surface area contributed by atoms with Crippen LogP contribution in [0.5, 0.6) is 0 Å². The third-order valence-corrected chi connectivity index (χ3v) is 3.70. The first-order valence-corrected chi connectivity index (χ1v) is 6.77. The highest BCUT2D eigenvalue weighted by atomic mass is 16.5. The van der Waals surface area contributed by atoms with Crippen molar-refractivity contribution in [2.75, 3.05) is 5.32 Å². The Morgan fingerprint density at radius 2 is 2.15 bits per heavy atom. The lowest BCUT2D eigenvalue weighted by molar-refractivity contribution is -0.138. The Hall–Kier alpha value is -2.04. The molecule has 1 aromatic carbocycles. The minimum atomic E-state index is -0.876. The molecule has 0 radical (unpaired) electrons. The van der Waals surface area contributed by atoms with Crippen LogP contribution < -0.4 is 5.32 Å². The Kier molecular flexibility index (Phi) is 3.97. The topological polar surface area (TPSA) is 75.4 Å². The van der Waals surface area contributed by atoms with Crippen LogP contribution in [0, 0.1) is 5.41 Å². The van der Waals surface area contributed by atoms with Gasteiger partial charge in [0, 0.05) is 0 Å². The number of nitrogens with one attached hydrogen (secondary N) is 1. The van der Waals surface area contributed by atoms with E-state index in [2.05, 4.69) is 31.2 Å². The van der Waals surface area contributed by atoms with Gasteiger partial charge in [-0.3, -0.25) is 0 Å². The number of anilines is 1. The van der Waals surface area contributed by atoms with E-state index in [4.69, 9.17) is 4.52 Å². The SMILES string of the molecule is CCC(C)(C)CC(Nc1noc2ccccc12)C(=O)O. The largest absolute Gasteiger partial charge is 0.480 e. The first-order chi connectivity index (χ1) is 9.43. The number of aliphatic carboxylic acids is 1. The number of nitrogens with zero attached hydrogens (tertiary/aromatic N) is 1. The van der Waals surface area contributed by atoms with Gasteiger partial charge in [0.05, 0.1) is 5.39 Å². The van der Waals surface area contributed by atoms with Crippen LogP contribution in [0.4, 0.5) is 5.82 Å². The number of fused-ring (bicyclic) bond motifs is 1. The summed E-state index contributed by atoms with van der Waals surface area (Å²) in [6.07, 6.45) is 1.44. The van der Waals surface area contributed by atoms with E-state index < -0.39 is 12.0 Å². The molecule has 2 rings (SSSR count). The van der Waals surface area contributed by atoms with E-state index >= 15 is 0 Å². The zero-order valence-electron chi connectivity index (χ0n) is 12.0. The molecular weight excluding hydrogens is 256 g/mol. The van der Waals surface area contributed by atoms with E-state index in [0.29, 0.717) is 17.8 Å². The van der Waals surface area contributed by atoms with Crippen LogP contribution in [-0.4, -0.2) is 22.3 Å². The monoisotopic (exact) mass is 276 g/mol. The summed E-state index contributed by atoms with van der Waals surface area (Å²) in [5.74, 6) is -0.390. The Morgan fingerprint density at radius 1 is 1.45 bits per heavy atom. The van der Waals surface area contributed by atoms with Crippen molar-refractivity contribution in [2.24, 2.45) is 5.41 Å². The molecule has 0 bridgehead atoms. The van der Waals surface area contributed by atoms with Crippen LogP contribution in [0.3, 0.4) is 0 Å². The van der Waals surface area contributed by atoms with Crippen LogP contribution in [0.25, 0.3) is 11.0 Å². The van der Waals surface area contributed by atoms with Gasteiger partial charge in [-0.15, -0.1) is 0 Å². The zero-order chi connectivity index (χ0) is 14.8. The van der Waals surface area contributed by atoms with E-state index in [1.807, 2.05) is 18.2 Å². The normalized spacial score (nSPS) is 13.3. The summed E-state index contributed by atoms with van der Waals surface area (Å²) in [7, 11) is 0. The van der Waals surface area contributed by atoms with Gasteiger partial charge in [0.15, 0.2) is 11.4 Å². The Labute approximate surface area is 118 Å². The molecule has 0 saturated carbocycles. The second kappa shape index (κ2) is 5.53. The second-order valence-electron chi connectivity index (χ2n) is 5.78. The van der Waals surface area contributed by atoms with Gasteiger partial charge in [-0.2, -0.15) is 0 Å². The minimum Gasteiger partial charge on any atom is -0.480 e. The standard InChI is InChI=1S/C15H20N2O3/c1-4-15(2,3)9-11(14(18)19)16-13-10-7-5-6-8-12(10)20-17-13/h5-8,11H,4,9H2,1-3H3,(H,16,17)(H,18,19). The van der Waals surface area contributed by atoms with Gasteiger partial charge in [-0.05, 0) is 24.0 Å². The number of rotatable bonds is 6. The average molecular weight is 276 g/mol. The van der Waals surface area contributed by atoms with E-state index in [0.717, 1.165) is 11.8 Å². The molecule has 20 heavy (non-hydrogen) atoms. The first-order valence-electron chi connectivity index (χ1n) is 6.77. The van der Waals surface area contributed by atoms with Gasteiger partial charge in [0.2, 0.25) is 0 Å². The summed E-state index contributed by atoms with van der Waals surface area (Å²) in [5.41, 5.74) is 0.601. The van der Waals surface area contributed by atoms with E-state index in [1.54, 1.807) is 6.07 Å². The van der Waals surface area contributed by atoms with E-state index in [-0.39, 0.29) is 5.41 Å². The van der Waals surface area contributed by atoms with Crippen molar-refractivity contribution < 1.29 is 14.4 Å². The smallest absolute Gasteiger partial charge is 0.326 e. The summed E-state index contributed by atoms with van der Waals surface area (Å²) in [4.78, 5) is 11.4. The van der Waals surface area contributed by atoms with Crippen LogP contribution in [-0.2, 0) is 4.79 Å². The summed E-state index contributed by atoms with van der Waals surface area (Å²) < 4.78 is 5.18. The highest BCUT2D eigenvalue weighted by Crippen LogP contribution is 2.29. The fourth-order valence-electron chi connectivity index (χ4n) is 2.05. The molecule has 108 valence electrons. The summed E-state index contributed by atoms with van der Waals surface area (Å²) >= 11 is 0. The maximum atomic E-state index is 11.4. The number of para-hydroxylation sites is 1. The molecule has 0 aliphatic heterocycles. The molecule has 5 nitrogen and oxygen atoms in total. The fraction of sp³-hybridized carbons (Fsp3) is 0.467. The predicted octanol–water partition coefficient (Wildman–Crippen LogP) is 3.52. The fourth-order valence-corrected chi connectivity index (χ4v) is 2.05. The molecule has 1 aromatic heterocycles. The first kappa shape index (κ1) is 14.4. The van der Waals surface area contributed by atoms with Crippen molar-refractivity contribution in [3.63, 3.8) is 0 Å². The quantitative estimate of drug-likeness (QED) is 0.844. The second-order valence-corrected chi connectivity index (χ2v) is 5.78. The molecule has 2 N–H and O–H groups in total. The van der Waals surface area contributed by atoms with Crippen LogP contribution in [0.15, 0.2) is 28.8 Å². The molecule has 0 spiro atoms. The molecule has 0 aliphatic rings. The molecule has 0 saturated heterocycles. The van der Waals surface area contributed by atoms with Crippen molar-refractivity contribution in [1.82, 2.24) is 5.16 Å². The highest BCUT2D eigenvalue weighted by molar-refractivity contribution is 5.90. The molecule has 1 atom stereocenters. The lowest BCUT2D eigenvalue weighted by atomic mass is 9.83. The van der Waals surface area contributed by atoms with Crippen molar-refractivity contribution in [3.8, 4) is 0 Å². The molecular formula is C15H20N2O3. The molecule has 0 fully saturated rings. The average Bonchev–Trinajstić information content (AvgIpc) is 2.81. The minimum absolute atomic E-state index is 0.0460. The Bertz CT molecular complexity index is 604. The van der Waals surface area contributed by atoms with Crippen molar-refractivity contribution in [1.29, 1.82) is 0 Å². The third kappa shape index (κ3) is 3.10. The van der Waals surface area contributed by atoms with Crippen LogP contribution >= 0.6 is 0 Å². The van der Waals surface area contributed by atoms with E-state index in [1.165, 1.54) is 0 Å². The maximum absolute atomic E-state index is 11.4. The van der Waals surface area contributed by atoms with Crippen LogP contribution in [0.1, 0.15) is 33.6 Å². The Morgan fingerprint density at radius 3 is 2.80 bits per heavy atom. The molecule has 0 aliphatic carbocycles. The van der Waals surface area contributed by atoms with Gasteiger partial charge >= 0.3 is 5.97 Å². The molecule has 2 aromatic rings. The summed E-state index contributed by atoms with van der Waals surface area (Å²) in [6.45, 7) is 6.18. The van der Waals surface area contributed by atoms with Gasteiger partial charge < -0.3 is 14.9 Å². The van der Waals surface area contributed by atoms with Gasteiger partial charge in [0.25, 0.3) is 0 Å². The third-order valence-electron chi connectivity index (χ3n) is 3.70. The molecule has 1 unspecified atom stereocenters. The van der Waals surface area contributed by atoms with Gasteiger partial charge in [-0.1, -0.05) is 44.5 Å². The zero-order valence-corrected chi connectivity index (χ0v) is 12.0. The Balaban J connectivity index is 2.22. The number of aromatic nitrogens is 1. The lowest BCUT2D eigenvalue weighted by Crippen LogP contribution is -2.34. The maximum Gasteiger partial charge on any atom is 0.326 e. The molecule has 1 heterocycles. The van der Waals surface area contributed by atoms with Gasteiger partial charge in [-0.25, -0.2) is 4.79 Å². The lowest BCUT2D eigenvalue weighted by Gasteiger charge is -2.26. The van der Waals surface area contributed by atoms with Crippen molar-refractivity contribution in [2.45, 2.75) is 39.7 Å². The number of carboxylic acid groups (broad SMARTS) is 1. The summed E-state index contributed by atoms with van der Waals surface area (Å²) in [5, 5.41) is 17.1. The predicted molar refractivity (Wildman–Crippen MR) is 77.7 cm³/mol. The highest BCUT2D eigenvalue weighted by Gasteiger charge is 2.27. The number of benzene rings is 1. The van der Waals surface area contributed by atoms with E-state index in [9.17, 15) is 9.90 Å². The van der Waals surface area contributed by atoms with Gasteiger partial charge in [0.1, 0.15) is 6.04 Å².